The van der Waals surface area contributed by atoms with Crippen LogP contribution >= 0.6 is 23.8 Å². The molecule has 0 N–H and O–H groups in total. The number of nitrogens with zero attached hydrogens (tertiary/aromatic N) is 4. The lowest BCUT2D eigenvalue weighted by Crippen LogP contribution is -2.32. The highest BCUT2D eigenvalue weighted by Crippen LogP contribution is 2.36. The lowest BCUT2D eigenvalue weighted by Gasteiger charge is -2.22. The molecule has 0 unspecified atom stereocenters. The average molecular weight is 963 g/mol. The van der Waals surface area contributed by atoms with Crippen molar-refractivity contribution in [3.05, 3.63) is 271 Å². The van der Waals surface area contributed by atoms with E-state index in [0.29, 0.717) is 19.6 Å². The molecule has 0 aliphatic heterocycles. The van der Waals surface area contributed by atoms with Crippen molar-refractivity contribution in [1.82, 2.24) is 4.90 Å². The topological polar surface area (TPSA) is 40.3 Å². The minimum atomic E-state index is -0.757. The van der Waals surface area contributed by atoms with Crippen molar-refractivity contribution in [2.75, 3.05) is 39.3 Å². The summed E-state index contributed by atoms with van der Waals surface area (Å²) in [6.07, 6.45) is 6.27. The van der Waals surface area contributed by atoms with Crippen molar-refractivity contribution < 1.29 is 0 Å². The van der Waals surface area contributed by atoms with Gasteiger partial charge in [0.1, 0.15) is 0 Å². The van der Waals surface area contributed by atoms with Crippen LogP contribution in [0.4, 0.5) is 0 Å². The van der Waals surface area contributed by atoms with Gasteiger partial charge >= 0.3 is 0 Å². The Hall–Kier alpha value is -6.76. The summed E-state index contributed by atoms with van der Waals surface area (Å²) in [6, 6.07) is 91.6. The van der Waals surface area contributed by atoms with Crippen molar-refractivity contribution in [2.24, 2.45) is 15.0 Å². The van der Waals surface area contributed by atoms with Crippen LogP contribution in [-0.2, 0) is 0 Å². The standard InChI is InChI=1S/C63H57N4P3/c1-7-28-55(29-8-1)68(56-30-9-2-10-31-56)61-40-22-19-25-52(61)49-64-43-46-67(47-44-65-50-53-26-20-23-41-62(53)69(57-32-11-3-12-33-57)58-34-13-4-14-35-58)48-45-66-51-54-27-21-24-42-63(54)70(59-36-15-5-16-37-59)60-38-17-6-18-39-60/h1-42,49-51H,43-48H2. The van der Waals surface area contributed by atoms with Crippen LogP contribution in [0.5, 0.6) is 0 Å². The number of benzene rings is 9. The summed E-state index contributed by atoms with van der Waals surface area (Å²) in [6.45, 7) is 4.38. The lowest BCUT2D eigenvalue weighted by molar-refractivity contribution is 0.298. The Kier molecular flexibility index (Phi) is 17.7. The van der Waals surface area contributed by atoms with Crippen LogP contribution in [0.2, 0.25) is 0 Å². The van der Waals surface area contributed by atoms with Crippen molar-refractivity contribution in [2.45, 2.75) is 0 Å². The molecule has 9 aromatic carbocycles. The van der Waals surface area contributed by atoms with Gasteiger partial charge in [0.25, 0.3) is 0 Å². The Morgan fingerprint density at radius 1 is 0.257 bits per heavy atom. The van der Waals surface area contributed by atoms with Crippen molar-refractivity contribution in [3.8, 4) is 0 Å². The Morgan fingerprint density at radius 3 is 0.686 bits per heavy atom. The van der Waals surface area contributed by atoms with E-state index in [-0.39, 0.29) is 0 Å². The quantitative estimate of drug-likeness (QED) is 0.0523. The zero-order valence-electron chi connectivity index (χ0n) is 39.4. The third-order valence-electron chi connectivity index (χ3n) is 11.9. The minimum absolute atomic E-state index is 0.666. The third-order valence-corrected chi connectivity index (χ3v) is 19.5. The van der Waals surface area contributed by atoms with Gasteiger partial charge in [-0.3, -0.25) is 19.9 Å². The van der Waals surface area contributed by atoms with Crippen LogP contribution in [0.1, 0.15) is 16.7 Å². The molecule has 0 radical (unpaired) electrons. The maximum absolute atomic E-state index is 5.11. The largest absolute Gasteiger partial charge is 0.298 e. The fraction of sp³-hybridized carbons (Fsp3) is 0.0952. The monoisotopic (exact) mass is 962 g/mol. The Balaban J connectivity index is 0.943. The van der Waals surface area contributed by atoms with Gasteiger partial charge in [0, 0.05) is 55.0 Å². The van der Waals surface area contributed by atoms with E-state index in [1.807, 2.05) is 0 Å². The smallest absolute Gasteiger partial charge is 0.0517 e. The SMILES string of the molecule is C(=NCCN(CCN=Cc1ccccc1P(c1ccccc1)c1ccccc1)CCN=Cc1ccccc1P(c1ccccc1)c1ccccc1)c1ccccc1P(c1ccccc1)c1ccccc1. The van der Waals surface area contributed by atoms with E-state index < -0.39 is 23.8 Å². The Bertz CT molecular complexity index is 2610. The number of rotatable bonds is 21. The molecule has 0 aromatic heterocycles. The second-order valence-corrected chi connectivity index (χ2v) is 23.2. The van der Waals surface area contributed by atoms with E-state index >= 15 is 0 Å². The first-order valence-corrected chi connectivity index (χ1v) is 28.0. The first-order chi connectivity index (χ1) is 34.8. The molecule has 7 heteroatoms. The molecule has 0 heterocycles. The van der Waals surface area contributed by atoms with E-state index in [9.17, 15) is 0 Å². The lowest BCUT2D eigenvalue weighted by atomic mass is 10.2. The van der Waals surface area contributed by atoms with Crippen LogP contribution in [0.3, 0.4) is 0 Å². The minimum Gasteiger partial charge on any atom is -0.298 e. The van der Waals surface area contributed by atoms with Gasteiger partial charge in [-0.05, 0) is 71.5 Å². The van der Waals surface area contributed by atoms with Crippen molar-refractivity contribution in [3.63, 3.8) is 0 Å². The molecule has 0 aliphatic rings. The van der Waals surface area contributed by atoms with E-state index in [1.54, 1.807) is 0 Å². The first kappa shape index (κ1) is 48.3. The maximum atomic E-state index is 5.11. The molecule has 344 valence electrons. The average Bonchev–Trinajstić information content (AvgIpc) is 3.43. The summed E-state index contributed by atoms with van der Waals surface area (Å²) in [4.78, 5) is 17.8. The summed E-state index contributed by atoms with van der Waals surface area (Å²) in [5.74, 6) is 0. The maximum Gasteiger partial charge on any atom is 0.0517 e. The van der Waals surface area contributed by atoms with Crippen LogP contribution in [0.25, 0.3) is 0 Å². The molecule has 9 rings (SSSR count). The number of aliphatic imine (C=N–C) groups is 3. The summed E-state index contributed by atoms with van der Waals surface area (Å²) in [5.41, 5.74) is 3.49. The molecule has 70 heavy (non-hydrogen) atoms. The van der Waals surface area contributed by atoms with Gasteiger partial charge in [-0.15, -0.1) is 0 Å². The molecule has 0 saturated carbocycles. The van der Waals surface area contributed by atoms with Crippen LogP contribution < -0.4 is 47.7 Å². The highest BCUT2D eigenvalue weighted by Gasteiger charge is 2.21. The fourth-order valence-corrected chi connectivity index (χ4v) is 15.8. The summed E-state index contributed by atoms with van der Waals surface area (Å²) < 4.78 is 0. The zero-order valence-corrected chi connectivity index (χ0v) is 42.0. The fourth-order valence-electron chi connectivity index (χ4n) is 8.57. The summed E-state index contributed by atoms with van der Waals surface area (Å²) in [7, 11) is -2.27. The highest BCUT2D eigenvalue weighted by atomic mass is 31.1. The molecule has 0 amide bonds. The van der Waals surface area contributed by atoms with Gasteiger partial charge in [0.2, 0.25) is 0 Å². The van der Waals surface area contributed by atoms with Crippen LogP contribution in [0.15, 0.2) is 270 Å². The molecule has 4 nitrogen and oxygen atoms in total. The van der Waals surface area contributed by atoms with E-state index in [0.717, 1.165) is 36.3 Å². The molecule has 0 spiro atoms. The van der Waals surface area contributed by atoms with E-state index in [1.165, 1.54) is 47.7 Å². The first-order valence-electron chi connectivity index (χ1n) is 24.0. The van der Waals surface area contributed by atoms with Crippen molar-refractivity contribution >= 4 is 90.1 Å². The molecule has 9 aromatic rings. The van der Waals surface area contributed by atoms with Gasteiger partial charge < -0.3 is 0 Å². The van der Waals surface area contributed by atoms with E-state index in [4.69, 9.17) is 15.0 Å². The normalized spacial score (nSPS) is 11.8. The van der Waals surface area contributed by atoms with Gasteiger partial charge in [-0.25, -0.2) is 0 Å². The molecular formula is C63H57N4P3. The Morgan fingerprint density at radius 2 is 0.457 bits per heavy atom. The van der Waals surface area contributed by atoms with Crippen LogP contribution in [0, 0.1) is 0 Å². The zero-order chi connectivity index (χ0) is 47.4. The summed E-state index contributed by atoms with van der Waals surface area (Å²) in [5, 5.41) is 11.9. The molecule has 0 saturated heterocycles. The van der Waals surface area contributed by atoms with Crippen molar-refractivity contribution in [1.29, 1.82) is 0 Å². The molecule has 0 bridgehead atoms. The van der Waals surface area contributed by atoms with Gasteiger partial charge in [-0.1, -0.05) is 255 Å². The molecule has 0 atom stereocenters. The van der Waals surface area contributed by atoms with Crippen LogP contribution in [-0.4, -0.2) is 62.8 Å². The predicted octanol–water partition coefficient (Wildman–Crippen LogP) is 9.92. The summed E-state index contributed by atoms with van der Waals surface area (Å²) >= 11 is 0. The Labute approximate surface area is 418 Å². The molecule has 0 fully saturated rings. The second kappa shape index (κ2) is 25.7. The third kappa shape index (κ3) is 12.9. The predicted molar refractivity (Wildman–Crippen MR) is 309 cm³/mol. The highest BCUT2D eigenvalue weighted by molar-refractivity contribution is 7.80. The molecule has 0 aliphatic carbocycles. The molecular weight excluding hydrogens is 906 g/mol. The van der Waals surface area contributed by atoms with E-state index in [2.05, 4.69) is 278 Å². The number of hydrogen-bond donors (Lipinski definition) is 0. The van der Waals surface area contributed by atoms with Gasteiger partial charge in [0.05, 0.1) is 19.6 Å². The second-order valence-electron chi connectivity index (χ2n) is 16.6. The number of hydrogen-bond acceptors (Lipinski definition) is 4. The van der Waals surface area contributed by atoms with Gasteiger partial charge in [0.15, 0.2) is 0 Å². The van der Waals surface area contributed by atoms with Gasteiger partial charge in [-0.2, -0.15) is 0 Å².